The van der Waals surface area contributed by atoms with Gasteiger partial charge in [0.25, 0.3) is 0 Å². The Bertz CT molecular complexity index is 505. The minimum atomic E-state index is -0.0616. The second-order valence-electron chi connectivity index (χ2n) is 7.69. The molecule has 0 bridgehead atoms. The zero-order valence-corrected chi connectivity index (χ0v) is 14.4. The topological polar surface area (TPSA) is 12.5 Å². The van der Waals surface area contributed by atoms with Crippen LogP contribution >= 0.6 is 11.3 Å². The minimum absolute atomic E-state index is 0.0616. The summed E-state index contributed by atoms with van der Waals surface area (Å²) in [4.78, 5) is 9.15. The Kier molecular flexibility index (Phi) is 3.32. The number of thiophene rings is 1. The van der Waals surface area contributed by atoms with Crippen molar-refractivity contribution in [1.82, 2.24) is 5.06 Å². The zero-order valence-electron chi connectivity index (χ0n) is 13.6. The van der Waals surface area contributed by atoms with Gasteiger partial charge in [0, 0.05) is 28.8 Å². The Morgan fingerprint density at radius 1 is 1.20 bits per heavy atom. The van der Waals surface area contributed by atoms with Crippen molar-refractivity contribution >= 4 is 11.3 Å². The van der Waals surface area contributed by atoms with Gasteiger partial charge in [-0.1, -0.05) is 13.8 Å². The fourth-order valence-electron chi connectivity index (χ4n) is 4.98. The van der Waals surface area contributed by atoms with Crippen molar-refractivity contribution in [2.75, 3.05) is 7.05 Å². The largest absolute Gasteiger partial charge is 0.293 e. The van der Waals surface area contributed by atoms with E-state index in [0.29, 0.717) is 17.9 Å². The second kappa shape index (κ2) is 4.56. The van der Waals surface area contributed by atoms with Crippen LogP contribution in [0, 0.1) is 18.3 Å². The summed E-state index contributed by atoms with van der Waals surface area (Å²) in [7, 11) is 2.11. The predicted octanol–water partition coefficient (Wildman–Crippen LogP) is 4.60. The van der Waals surface area contributed by atoms with Gasteiger partial charge in [-0.2, -0.15) is 5.06 Å². The van der Waals surface area contributed by atoms with Crippen molar-refractivity contribution in [3.8, 4) is 0 Å². The Labute approximate surface area is 127 Å². The minimum Gasteiger partial charge on any atom is -0.293 e. The van der Waals surface area contributed by atoms with E-state index in [2.05, 4.69) is 58.9 Å². The molecule has 3 rings (SSSR count). The van der Waals surface area contributed by atoms with Crippen LogP contribution in [0.2, 0.25) is 0 Å². The smallest absolute Gasteiger partial charge is 0.0892 e. The van der Waals surface area contributed by atoms with E-state index in [1.807, 2.05) is 11.3 Å². The van der Waals surface area contributed by atoms with Crippen LogP contribution in [0.25, 0.3) is 0 Å². The highest BCUT2D eigenvalue weighted by atomic mass is 32.1. The van der Waals surface area contributed by atoms with E-state index in [0.717, 1.165) is 0 Å². The number of nitrogens with zero attached hydrogens (tertiary/aromatic N) is 1. The number of rotatable bonds is 1. The summed E-state index contributed by atoms with van der Waals surface area (Å²) in [5, 5.41) is 2.13. The molecule has 0 aromatic carbocycles. The monoisotopic (exact) mass is 293 g/mol. The van der Waals surface area contributed by atoms with Gasteiger partial charge in [0.1, 0.15) is 0 Å². The molecule has 3 atom stereocenters. The van der Waals surface area contributed by atoms with Gasteiger partial charge in [-0.05, 0) is 57.1 Å². The van der Waals surface area contributed by atoms with Crippen LogP contribution in [-0.2, 0) is 4.84 Å². The van der Waals surface area contributed by atoms with Crippen LogP contribution in [0.1, 0.15) is 56.2 Å². The molecular formula is C17H27NOS. The van der Waals surface area contributed by atoms with Crippen molar-refractivity contribution in [3.05, 3.63) is 21.9 Å². The first-order valence-corrected chi connectivity index (χ1v) is 8.53. The van der Waals surface area contributed by atoms with Crippen molar-refractivity contribution in [1.29, 1.82) is 0 Å². The summed E-state index contributed by atoms with van der Waals surface area (Å²) in [5.74, 6) is 1.25. The molecule has 2 heterocycles. The third-order valence-electron chi connectivity index (χ3n) is 5.54. The molecule has 1 aromatic heterocycles. The van der Waals surface area contributed by atoms with E-state index < -0.39 is 0 Å². The van der Waals surface area contributed by atoms with Crippen LogP contribution in [0.5, 0.6) is 0 Å². The predicted molar refractivity (Wildman–Crippen MR) is 85.0 cm³/mol. The Morgan fingerprint density at radius 2 is 1.90 bits per heavy atom. The molecule has 0 N–H and O–H groups in total. The molecular weight excluding hydrogens is 266 g/mol. The summed E-state index contributed by atoms with van der Waals surface area (Å²) in [6, 6.07) is 5.18. The molecule has 0 amide bonds. The van der Waals surface area contributed by atoms with Gasteiger partial charge < -0.3 is 0 Å². The fraction of sp³-hybridized carbons (Fsp3) is 0.765. The van der Waals surface area contributed by atoms with Crippen molar-refractivity contribution in [2.45, 2.75) is 65.0 Å². The average Bonchev–Trinajstić information content (AvgIpc) is 2.81. The molecule has 0 radical (unpaired) electrons. The Hall–Kier alpha value is -0.380. The van der Waals surface area contributed by atoms with Crippen LogP contribution in [0.3, 0.4) is 0 Å². The van der Waals surface area contributed by atoms with E-state index in [4.69, 9.17) is 4.84 Å². The molecule has 3 heteroatoms. The van der Waals surface area contributed by atoms with Gasteiger partial charge in [0.15, 0.2) is 0 Å². The van der Waals surface area contributed by atoms with Gasteiger partial charge in [0.2, 0.25) is 0 Å². The molecule has 1 aromatic rings. The summed E-state index contributed by atoms with van der Waals surface area (Å²) < 4.78 is 0. The molecule has 3 unspecified atom stereocenters. The lowest BCUT2D eigenvalue weighted by Gasteiger charge is -2.49. The Balaban J connectivity index is 1.98. The first-order chi connectivity index (χ1) is 9.23. The van der Waals surface area contributed by atoms with Crippen molar-refractivity contribution in [2.24, 2.45) is 11.3 Å². The first kappa shape index (κ1) is 14.6. The maximum Gasteiger partial charge on any atom is 0.0892 e. The molecule has 1 saturated carbocycles. The number of hydrogen-bond acceptors (Lipinski definition) is 3. The number of hydrogen-bond donors (Lipinski definition) is 0. The van der Waals surface area contributed by atoms with Gasteiger partial charge in [-0.3, -0.25) is 4.84 Å². The highest BCUT2D eigenvalue weighted by Crippen LogP contribution is 2.58. The zero-order chi connectivity index (χ0) is 14.7. The van der Waals surface area contributed by atoms with Gasteiger partial charge in [-0.15, -0.1) is 11.3 Å². The summed E-state index contributed by atoms with van der Waals surface area (Å²) in [6.45, 7) is 11.6. The lowest BCUT2D eigenvalue weighted by molar-refractivity contribution is -0.180. The Morgan fingerprint density at radius 3 is 2.50 bits per heavy atom. The van der Waals surface area contributed by atoms with Crippen molar-refractivity contribution in [3.63, 3.8) is 0 Å². The third kappa shape index (κ3) is 2.06. The first-order valence-electron chi connectivity index (χ1n) is 7.72. The third-order valence-corrected chi connectivity index (χ3v) is 6.65. The molecule has 2 aliphatic rings. The summed E-state index contributed by atoms with van der Waals surface area (Å²) in [5.41, 5.74) is 0.211. The second-order valence-corrected chi connectivity index (χ2v) is 9.01. The molecule has 2 nitrogen and oxygen atoms in total. The quantitative estimate of drug-likeness (QED) is 0.750. The lowest BCUT2D eigenvalue weighted by atomic mass is 9.56. The number of fused-ring (bicyclic) bond motifs is 1. The van der Waals surface area contributed by atoms with Crippen LogP contribution in [-0.4, -0.2) is 23.8 Å². The van der Waals surface area contributed by atoms with Crippen LogP contribution in [0.15, 0.2) is 12.1 Å². The molecule has 20 heavy (non-hydrogen) atoms. The SMILES string of the molecule is Cc1ccc(C2CCC3C(C(C)(C)ON3C)C2(C)C)s1. The highest BCUT2D eigenvalue weighted by molar-refractivity contribution is 7.12. The van der Waals surface area contributed by atoms with Crippen molar-refractivity contribution < 1.29 is 4.84 Å². The summed E-state index contributed by atoms with van der Waals surface area (Å²) >= 11 is 1.98. The van der Waals surface area contributed by atoms with Crippen LogP contribution in [0.4, 0.5) is 0 Å². The molecule has 1 aliphatic heterocycles. The van der Waals surface area contributed by atoms with E-state index in [1.165, 1.54) is 17.7 Å². The molecule has 1 aliphatic carbocycles. The maximum atomic E-state index is 6.16. The van der Waals surface area contributed by atoms with Gasteiger partial charge in [0.05, 0.1) is 5.60 Å². The van der Waals surface area contributed by atoms with Gasteiger partial charge in [-0.25, -0.2) is 0 Å². The maximum absolute atomic E-state index is 6.16. The van der Waals surface area contributed by atoms with E-state index in [-0.39, 0.29) is 11.0 Å². The molecule has 112 valence electrons. The van der Waals surface area contributed by atoms with E-state index in [9.17, 15) is 0 Å². The molecule has 2 fully saturated rings. The van der Waals surface area contributed by atoms with E-state index in [1.54, 1.807) is 4.88 Å². The average molecular weight is 293 g/mol. The summed E-state index contributed by atoms with van der Waals surface area (Å²) in [6.07, 6.45) is 2.52. The van der Waals surface area contributed by atoms with Crippen LogP contribution < -0.4 is 0 Å². The molecule has 0 spiro atoms. The van der Waals surface area contributed by atoms with Gasteiger partial charge >= 0.3 is 0 Å². The standard InChI is InChI=1S/C17H27NOS/c1-11-7-10-14(20-11)12-8-9-13-15(16(12,2)3)17(4,5)19-18(13)6/h7,10,12-13,15H,8-9H2,1-6H3. The fourth-order valence-corrected chi connectivity index (χ4v) is 6.19. The number of aryl methyl sites for hydroxylation is 1. The van der Waals surface area contributed by atoms with E-state index >= 15 is 0 Å². The lowest BCUT2D eigenvalue weighted by Crippen LogP contribution is -2.49. The highest BCUT2D eigenvalue weighted by Gasteiger charge is 2.58. The normalized spacial score (nSPS) is 36.0. The number of hydroxylamine groups is 2. The molecule has 1 saturated heterocycles.